The van der Waals surface area contributed by atoms with Crippen molar-refractivity contribution in [1.29, 1.82) is 0 Å². The number of unbranched alkanes of at least 4 members (excludes halogenated alkanes) is 3. The topological polar surface area (TPSA) is 44.1 Å². The van der Waals surface area contributed by atoms with Crippen LogP contribution >= 0.6 is 0 Å². The second kappa shape index (κ2) is 13.9. The van der Waals surface area contributed by atoms with Gasteiger partial charge in [-0.15, -0.1) is 0 Å². The third kappa shape index (κ3) is 7.81. The summed E-state index contributed by atoms with van der Waals surface area (Å²) in [5.74, 6) is 3.58. The van der Waals surface area contributed by atoms with Crippen LogP contribution < -0.4 is 10.3 Å². The lowest BCUT2D eigenvalue weighted by Gasteiger charge is -2.28. The molecule has 0 bridgehead atoms. The second-order valence-corrected chi connectivity index (χ2v) is 10.00. The van der Waals surface area contributed by atoms with Crippen LogP contribution in [0.5, 0.6) is 5.75 Å². The van der Waals surface area contributed by atoms with Gasteiger partial charge in [-0.1, -0.05) is 77.6 Å². The zero-order valence-electron chi connectivity index (χ0n) is 22.0. The molecule has 2 aromatic heterocycles. The second-order valence-electron chi connectivity index (χ2n) is 10.00. The number of aryl methyl sites for hydroxylation is 1. The molecule has 0 fully saturated rings. The van der Waals surface area contributed by atoms with E-state index in [0.29, 0.717) is 23.6 Å². The Hall–Kier alpha value is -2.88. The smallest absolute Gasteiger partial charge is 0.256 e. The molecular weight excluding hydrogens is 432 g/mol. The molecule has 35 heavy (non-hydrogen) atoms. The van der Waals surface area contributed by atoms with Crippen molar-refractivity contribution < 1.29 is 4.74 Å². The van der Waals surface area contributed by atoms with Gasteiger partial charge < -0.3 is 4.74 Å². The van der Waals surface area contributed by atoms with E-state index in [1.54, 1.807) is 16.8 Å². The van der Waals surface area contributed by atoms with Gasteiger partial charge in [-0.05, 0) is 72.9 Å². The Balaban J connectivity index is 1.41. The lowest BCUT2D eigenvalue weighted by molar-refractivity contribution is 0.303. The van der Waals surface area contributed by atoms with E-state index < -0.39 is 0 Å². The molecule has 0 N–H and O–H groups in total. The van der Waals surface area contributed by atoms with Crippen molar-refractivity contribution in [2.24, 2.45) is 11.8 Å². The molecule has 2 unspecified atom stereocenters. The number of aromatic nitrogens is 2. The average Bonchev–Trinajstić information content (AvgIpc) is 2.85. The van der Waals surface area contributed by atoms with Crippen molar-refractivity contribution in [3.63, 3.8) is 0 Å². The van der Waals surface area contributed by atoms with E-state index in [-0.39, 0.29) is 5.56 Å². The van der Waals surface area contributed by atoms with E-state index in [9.17, 15) is 4.79 Å². The molecule has 0 aliphatic heterocycles. The standard InChI is InChI=1S/C31H42N2O2/c1-5-13-25(4)31(24(2)3)26-18-20-28(21-19-26)35-23-11-7-6-8-14-27-15-12-17-30(34)33(27)29-16-9-10-22-32-29/h9-10,12,15-22,24-25,31H,5-8,11,13-14,23H2,1-4H3. The Morgan fingerprint density at radius 1 is 0.886 bits per heavy atom. The van der Waals surface area contributed by atoms with Gasteiger partial charge in [0, 0.05) is 18.0 Å². The van der Waals surface area contributed by atoms with E-state index in [2.05, 4.69) is 56.9 Å². The molecule has 1 aromatic carbocycles. The maximum Gasteiger partial charge on any atom is 0.256 e. The molecule has 0 saturated heterocycles. The van der Waals surface area contributed by atoms with Gasteiger partial charge in [0.2, 0.25) is 0 Å². The third-order valence-corrected chi connectivity index (χ3v) is 6.85. The maximum absolute atomic E-state index is 12.4. The average molecular weight is 475 g/mol. The van der Waals surface area contributed by atoms with Crippen LogP contribution in [-0.4, -0.2) is 16.2 Å². The molecule has 0 aliphatic carbocycles. The van der Waals surface area contributed by atoms with Gasteiger partial charge in [-0.25, -0.2) is 4.98 Å². The first-order valence-corrected chi connectivity index (χ1v) is 13.4. The van der Waals surface area contributed by atoms with E-state index >= 15 is 0 Å². The van der Waals surface area contributed by atoms with Crippen molar-refractivity contribution in [1.82, 2.24) is 9.55 Å². The number of rotatable bonds is 14. The first-order valence-electron chi connectivity index (χ1n) is 13.4. The van der Waals surface area contributed by atoms with Crippen molar-refractivity contribution in [3.8, 4) is 11.6 Å². The van der Waals surface area contributed by atoms with Crippen LogP contribution in [0.2, 0.25) is 0 Å². The van der Waals surface area contributed by atoms with Crippen molar-refractivity contribution >= 4 is 0 Å². The predicted octanol–water partition coefficient (Wildman–Crippen LogP) is 7.59. The van der Waals surface area contributed by atoms with E-state index in [4.69, 9.17) is 4.74 Å². The normalized spacial score (nSPS) is 13.1. The summed E-state index contributed by atoms with van der Waals surface area (Å²) in [6, 6.07) is 19.9. The molecular formula is C31H42N2O2. The van der Waals surface area contributed by atoms with E-state index in [1.807, 2.05) is 30.3 Å². The minimum atomic E-state index is -0.0276. The molecule has 0 saturated carbocycles. The third-order valence-electron chi connectivity index (χ3n) is 6.85. The highest BCUT2D eigenvalue weighted by Gasteiger charge is 2.22. The maximum atomic E-state index is 12.4. The first kappa shape index (κ1) is 26.7. The first-order chi connectivity index (χ1) is 17.0. The molecule has 4 nitrogen and oxygen atoms in total. The Kier molecular flexibility index (Phi) is 10.6. The molecule has 0 aliphatic rings. The summed E-state index contributed by atoms with van der Waals surface area (Å²) in [5.41, 5.74) is 2.42. The van der Waals surface area contributed by atoms with Crippen molar-refractivity contribution in [2.75, 3.05) is 6.61 Å². The molecule has 0 spiro atoms. The summed E-state index contributed by atoms with van der Waals surface area (Å²) in [6.07, 6.45) is 9.39. The van der Waals surface area contributed by atoms with Gasteiger partial charge in [0.05, 0.1) is 6.61 Å². The molecule has 0 radical (unpaired) electrons. The number of pyridine rings is 2. The summed E-state index contributed by atoms with van der Waals surface area (Å²) < 4.78 is 7.73. The molecule has 3 rings (SSSR count). The van der Waals surface area contributed by atoms with E-state index in [1.165, 1.54) is 18.4 Å². The molecule has 4 heteroatoms. The van der Waals surface area contributed by atoms with Gasteiger partial charge in [0.1, 0.15) is 11.6 Å². The Bertz CT molecular complexity index is 1060. The zero-order valence-corrected chi connectivity index (χ0v) is 22.0. The number of nitrogens with zero attached hydrogens (tertiary/aromatic N) is 2. The summed E-state index contributed by atoms with van der Waals surface area (Å²) in [7, 11) is 0. The number of hydrogen-bond donors (Lipinski definition) is 0. The van der Waals surface area contributed by atoms with Crippen LogP contribution in [0, 0.1) is 11.8 Å². The quantitative estimate of drug-likeness (QED) is 0.226. The monoisotopic (exact) mass is 474 g/mol. The fourth-order valence-corrected chi connectivity index (χ4v) is 5.22. The molecule has 2 heterocycles. The van der Waals surface area contributed by atoms with Gasteiger partial charge in [0.15, 0.2) is 0 Å². The summed E-state index contributed by atoms with van der Waals surface area (Å²) in [5, 5.41) is 0. The van der Waals surface area contributed by atoms with Gasteiger partial charge in [-0.2, -0.15) is 0 Å². The highest BCUT2D eigenvalue weighted by Crippen LogP contribution is 2.35. The number of hydrogen-bond acceptors (Lipinski definition) is 3. The van der Waals surface area contributed by atoms with Crippen LogP contribution in [0.15, 0.2) is 71.7 Å². The summed E-state index contributed by atoms with van der Waals surface area (Å²) >= 11 is 0. The highest BCUT2D eigenvalue weighted by molar-refractivity contribution is 5.30. The van der Waals surface area contributed by atoms with Crippen LogP contribution in [0.4, 0.5) is 0 Å². The van der Waals surface area contributed by atoms with Gasteiger partial charge in [-0.3, -0.25) is 9.36 Å². The minimum absolute atomic E-state index is 0.0276. The lowest BCUT2D eigenvalue weighted by atomic mass is 9.77. The van der Waals surface area contributed by atoms with Gasteiger partial charge in [0.25, 0.3) is 5.56 Å². The van der Waals surface area contributed by atoms with Crippen molar-refractivity contribution in [2.45, 2.75) is 78.6 Å². The molecule has 2 atom stereocenters. The summed E-state index contributed by atoms with van der Waals surface area (Å²) in [6.45, 7) is 10.1. The number of benzene rings is 1. The SMILES string of the molecule is CCCC(C)C(c1ccc(OCCCCCCc2cccc(=O)n2-c2ccccn2)cc1)C(C)C. The highest BCUT2D eigenvalue weighted by atomic mass is 16.5. The molecule has 188 valence electrons. The largest absolute Gasteiger partial charge is 0.494 e. The van der Waals surface area contributed by atoms with Crippen LogP contribution in [0.3, 0.4) is 0 Å². The van der Waals surface area contributed by atoms with Crippen LogP contribution in [-0.2, 0) is 6.42 Å². The fraction of sp³-hybridized carbons (Fsp3) is 0.484. The number of ether oxygens (including phenoxy) is 1. The van der Waals surface area contributed by atoms with Crippen molar-refractivity contribution in [3.05, 3.63) is 88.5 Å². The molecule has 0 amide bonds. The summed E-state index contributed by atoms with van der Waals surface area (Å²) in [4.78, 5) is 16.8. The van der Waals surface area contributed by atoms with Crippen LogP contribution in [0.25, 0.3) is 5.82 Å². The zero-order chi connectivity index (χ0) is 25.0. The van der Waals surface area contributed by atoms with E-state index in [0.717, 1.165) is 50.2 Å². The molecule has 3 aromatic rings. The minimum Gasteiger partial charge on any atom is -0.494 e. The Labute approximate surface area is 211 Å². The van der Waals surface area contributed by atoms with Crippen LogP contribution in [0.1, 0.15) is 83.4 Å². The fourth-order valence-electron chi connectivity index (χ4n) is 5.22. The lowest BCUT2D eigenvalue weighted by Crippen LogP contribution is -2.21. The Morgan fingerprint density at radius 3 is 2.34 bits per heavy atom. The predicted molar refractivity (Wildman–Crippen MR) is 146 cm³/mol. The Morgan fingerprint density at radius 2 is 1.66 bits per heavy atom. The van der Waals surface area contributed by atoms with Gasteiger partial charge >= 0.3 is 0 Å².